The molecule has 1 aliphatic heterocycles. The molecule has 0 spiro atoms. The molecule has 0 aliphatic carbocycles. The van der Waals surface area contributed by atoms with Gasteiger partial charge < -0.3 is 10.6 Å². The molecule has 1 aromatic heterocycles. The molecule has 2 N–H and O–H groups in total. The zero-order valence-corrected chi connectivity index (χ0v) is 9.87. The fraction of sp³-hybridized carbons (Fsp3) is 0.600. The van der Waals surface area contributed by atoms with Crippen LogP contribution in [-0.2, 0) is 0 Å². The maximum absolute atomic E-state index is 5.66. The third kappa shape index (κ3) is 2.17. The minimum atomic E-state index is 0.498. The fourth-order valence-electron chi connectivity index (χ4n) is 1.77. The molecule has 2 rings (SSSR count). The molecule has 4 nitrogen and oxygen atoms in total. The molecule has 2 atom stereocenters. The molecule has 1 fully saturated rings. The van der Waals surface area contributed by atoms with Crippen LogP contribution in [0.15, 0.2) is 12.4 Å². The summed E-state index contributed by atoms with van der Waals surface area (Å²) in [6, 6.07) is 2.34. The number of thioether (sulfide) groups is 1. The number of anilines is 2. The van der Waals surface area contributed by atoms with Crippen molar-refractivity contribution in [2.24, 2.45) is 0 Å². The van der Waals surface area contributed by atoms with E-state index in [1.807, 2.05) is 17.8 Å². The van der Waals surface area contributed by atoms with Crippen molar-refractivity contribution in [3.63, 3.8) is 0 Å². The Bertz CT molecular complexity index is 344. The zero-order valence-electron chi connectivity index (χ0n) is 9.05. The highest BCUT2D eigenvalue weighted by atomic mass is 32.2. The van der Waals surface area contributed by atoms with Gasteiger partial charge in [-0.1, -0.05) is 6.92 Å². The number of nitrogens with two attached hydrogens (primary N) is 1. The summed E-state index contributed by atoms with van der Waals surface area (Å²) in [4.78, 5) is 10.5. The Labute approximate surface area is 94.3 Å². The molecule has 1 aromatic rings. The normalized spacial score (nSPS) is 26.7. The smallest absolute Gasteiger partial charge is 0.134 e. The average molecular weight is 224 g/mol. The van der Waals surface area contributed by atoms with E-state index in [0.717, 1.165) is 18.1 Å². The highest BCUT2D eigenvalue weighted by Crippen LogP contribution is 2.27. The predicted octanol–water partition coefficient (Wildman–Crippen LogP) is 1.39. The number of nitrogen functional groups attached to an aromatic ring is 1. The number of nitrogens with zero attached hydrogens (tertiary/aromatic N) is 3. The second-order valence-corrected chi connectivity index (χ2v) is 5.30. The summed E-state index contributed by atoms with van der Waals surface area (Å²) >= 11 is 2.01. The van der Waals surface area contributed by atoms with Gasteiger partial charge in [-0.15, -0.1) is 0 Å². The van der Waals surface area contributed by atoms with Gasteiger partial charge in [0.25, 0.3) is 0 Å². The summed E-state index contributed by atoms with van der Waals surface area (Å²) in [6.07, 6.45) is 1.53. The molecular formula is C10H16N4S. The Morgan fingerprint density at radius 3 is 3.00 bits per heavy atom. The molecule has 0 radical (unpaired) electrons. The van der Waals surface area contributed by atoms with Gasteiger partial charge in [-0.2, -0.15) is 11.8 Å². The van der Waals surface area contributed by atoms with Crippen LogP contribution in [0.5, 0.6) is 0 Å². The quantitative estimate of drug-likeness (QED) is 0.781. The summed E-state index contributed by atoms with van der Waals surface area (Å²) in [5.41, 5.74) is 5.66. The highest BCUT2D eigenvalue weighted by Gasteiger charge is 2.26. The molecule has 0 aromatic carbocycles. The molecule has 0 amide bonds. The Morgan fingerprint density at radius 1 is 1.47 bits per heavy atom. The van der Waals surface area contributed by atoms with Gasteiger partial charge in [-0.25, -0.2) is 9.97 Å². The van der Waals surface area contributed by atoms with Crippen molar-refractivity contribution in [1.29, 1.82) is 0 Å². The van der Waals surface area contributed by atoms with Gasteiger partial charge in [0.1, 0.15) is 18.0 Å². The number of aromatic nitrogens is 2. The van der Waals surface area contributed by atoms with Gasteiger partial charge in [-0.05, 0) is 6.92 Å². The third-order valence-corrected chi connectivity index (χ3v) is 4.19. The average Bonchev–Trinajstić information content (AvgIpc) is 2.22. The van der Waals surface area contributed by atoms with E-state index in [-0.39, 0.29) is 0 Å². The summed E-state index contributed by atoms with van der Waals surface area (Å²) < 4.78 is 0. The molecule has 0 bridgehead atoms. The van der Waals surface area contributed by atoms with Crippen molar-refractivity contribution in [3.8, 4) is 0 Å². The molecule has 1 aliphatic rings. The van der Waals surface area contributed by atoms with E-state index >= 15 is 0 Å². The van der Waals surface area contributed by atoms with Crippen LogP contribution in [0.3, 0.4) is 0 Å². The first-order valence-corrected chi connectivity index (χ1v) is 6.19. The minimum Gasteiger partial charge on any atom is -0.384 e. The zero-order chi connectivity index (χ0) is 10.8. The van der Waals surface area contributed by atoms with Crippen molar-refractivity contribution < 1.29 is 0 Å². The largest absolute Gasteiger partial charge is 0.384 e. The Hall–Kier alpha value is -0.970. The van der Waals surface area contributed by atoms with Crippen molar-refractivity contribution in [1.82, 2.24) is 9.97 Å². The van der Waals surface area contributed by atoms with Crippen LogP contribution in [0.2, 0.25) is 0 Å². The number of rotatable bonds is 1. The van der Waals surface area contributed by atoms with Gasteiger partial charge in [-0.3, -0.25) is 0 Å². The first-order chi connectivity index (χ1) is 7.18. The van der Waals surface area contributed by atoms with Crippen LogP contribution < -0.4 is 10.6 Å². The topological polar surface area (TPSA) is 55.0 Å². The summed E-state index contributed by atoms with van der Waals surface area (Å²) in [5.74, 6) is 2.63. The van der Waals surface area contributed by atoms with Crippen LogP contribution in [0.25, 0.3) is 0 Å². The van der Waals surface area contributed by atoms with E-state index in [2.05, 4.69) is 28.7 Å². The van der Waals surface area contributed by atoms with Crippen molar-refractivity contribution >= 4 is 23.4 Å². The van der Waals surface area contributed by atoms with Crippen LogP contribution in [0.1, 0.15) is 13.8 Å². The second-order valence-electron chi connectivity index (χ2n) is 3.81. The van der Waals surface area contributed by atoms with E-state index in [0.29, 0.717) is 17.1 Å². The third-order valence-electron chi connectivity index (χ3n) is 2.85. The molecule has 1 saturated heterocycles. The molecular weight excluding hydrogens is 208 g/mol. The molecule has 2 unspecified atom stereocenters. The Morgan fingerprint density at radius 2 is 2.27 bits per heavy atom. The lowest BCUT2D eigenvalue weighted by Gasteiger charge is -2.38. The van der Waals surface area contributed by atoms with E-state index in [1.54, 1.807) is 0 Å². The highest BCUT2D eigenvalue weighted by molar-refractivity contribution is 8.00. The first-order valence-electron chi connectivity index (χ1n) is 5.14. The SMILES string of the molecule is CC1SCCN(c2cc(N)ncn2)C1C. The van der Waals surface area contributed by atoms with Gasteiger partial charge in [0, 0.05) is 29.7 Å². The van der Waals surface area contributed by atoms with E-state index < -0.39 is 0 Å². The number of hydrogen-bond acceptors (Lipinski definition) is 5. The minimum absolute atomic E-state index is 0.498. The lowest BCUT2D eigenvalue weighted by molar-refractivity contribution is 0.620. The van der Waals surface area contributed by atoms with Gasteiger partial charge in [0.15, 0.2) is 0 Å². The van der Waals surface area contributed by atoms with E-state index in [4.69, 9.17) is 5.73 Å². The molecule has 5 heteroatoms. The van der Waals surface area contributed by atoms with Gasteiger partial charge >= 0.3 is 0 Å². The molecule has 82 valence electrons. The van der Waals surface area contributed by atoms with E-state index in [1.165, 1.54) is 6.33 Å². The van der Waals surface area contributed by atoms with Crippen LogP contribution in [0, 0.1) is 0 Å². The summed E-state index contributed by atoms with van der Waals surface area (Å²) in [5, 5.41) is 0.634. The summed E-state index contributed by atoms with van der Waals surface area (Å²) in [6.45, 7) is 5.52. The molecule has 0 saturated carbocycles. The Kier molecular flexibility index (Phi) is 3.00. The maximum Gasteiger partial charge on any atom is 0.134 e. The van der Waals surface area contributed by atoms with Gasteiger partial charge in [0.2, 0.25) is 0 Å². The predicted molar refractivity (Wildman–Crippen MR) is 65.2 cm³/mol. The van der Waals surface area contributed by atoms with Crippen molar-refractivity contribution in [2.45, 2.75) is 25.1 Å². The van der Waals surface area contributed by atoms with Crippen molar-refractivity contribution in [2.75, 3.05) is 22.9 Å². The van der Waals surface area contributed by atoms with Crippen LogP contribution in [-0.4, -0.2) is 33.6 Å². The van der Waals surface area contributed by atoms with Gasteiger partial charge in [0.05, 0.1) is 0 Å². The van der Waals surface area contributed by atoms with Crippen LogP contribution in [0.4, 0.5) is 11.6 Å². The van der Waals surface area contributed by atoms with E-state index in [9.17, 15) is 0 Å². The van der Waals surface area contributed by atoms with Crippen LogP contribution >= 0.6 is 11.8 Å². The molecule has 15 heavy (non-hydrogen) atoms. The summed E-state index contributed by atoms with van der Waals surface area (Å²) in [7, 11) is 0. The number of hydrogen-bond donors (Lipinski definition) is 1. The first kappa shape index (κ1) is 10.5. The van der Waals surface area contributed by atoms with Crippen molar-refractivity contribution in [3.05, 3.63) is 12.4 Å². The maximum atomic E-state index is 5.66. The standard InChI is InChI=1S/C10H16N4S/c1-7-8(2)15-4-3-14(7)10-5-9(11)12-6-13-10/h5-8H,3-4H2,1-2H3,(H2,11,12,13). The fourth-order valence-corrected chi connectivity index (χ4v) is 2.87. The lowest BCUT2D eigenvalue weighted by Crippen LogP contribution is -2.45. The lowest BCUT2D eigenvalue weighted by atomic mass is 10.2. The Balaban J connectivity index is 2.22. The second kappa shape index (κ2) is 4.26. The molecule has 2 heterocycles. The monoisotopic (exact) mass is 224 g/mol.